The van der Waals surface area contributed by atoms with E-state index in [0.717, 1.165) is 18.7 Å². The monoisotopic (exact) mass is 207 g/mol. The van der Waals surface area contributed by atoms with Crippen LogP contribution in [0.4, 0.5) is 10.1 Å². The van der Waals surface area contributed by atoms with Gasteiger partial charge in [0.15, 0.2) is 0 Å². The first-order chi connectivity index (χ1) is 7.09. The summed E-state index contributed by atoms with van der Waals surface area (Å²) >= 11 is 0. The predicted molar refractivity (Wildman–Crippen MR) is 57.5 cm³/mol. The van der Waals surface area contributed by atoms with Crippen molar-refractivity contribution in [3.8, 4) is 0 Å². The molecule has 1 aliphatic rings. The number of aryl methyl sites for hydroxylation is 2. The summed E-state index contributed by atoms with van der Waals surface area (Å²) < 4.78 is 13.4. The highest BCUT2D eigenvalue weighted by Gasteiger charge is 2.22. The molecule has 1 fully saturated rings. The fraction of sp³-hybridized carbons (Fsp3) is 0.417. The molecule has 3 heteroatoms. The maximum absolute atomic E-state index is 13.4. The zero-order valence-corrected chi connectivity index (χ0v) is 9.01. The van der Waals surface area contributed by atoms with Gasteiger partial charge in [-0.3, -0.25) is 4.79 Å². The van der Waals surface area contributed by atoms with Crippen molar-refractivity contribution in [3.63, 3.8) is 0 Å². The van der Waals surface area contributed by atoms with E-state index in [2.05, 4.69) is 0 Å². The summed E-state index contributed by atoms with van der Waals surface area (Å²) in [6.07, 6.45) is 1.50. The van der Waals surface area contributed by atoms with Crippen LogP contribution in [0.2, 0.25) is 0 Å². The Labute approximate surface area is 88.7 Å². The molecule has 0 N–H and O–H groups in total. The number of nitrogens with zero attached hydrogens (tertiary/aromatic N) is 1. The summed E-state index contributed by atoms with van der Waals surface area (Å²) in [4.78, 5) is 13.2. The lowest BCUT2D eigenvalue weighted by atomic mass is 10.1. The summed E-state index contributed by atoms with van der Waals surface area (Å²) in [6.45, 7) is 4.21. The Hall–Kier alpha value is -1.38. The molecular weight excluding hydrogens is 193 g/mol. The van der Waals surface area contributed by atoms with E-state index in [1.807, 2.05) is 0 Å². The number of hydrogen-bond acceptors (Lipinski definition) is 1. The molecule has 2 rings (SSSR count). The van der Waals surface area contributed by atoms with Crippen molar-refractivity contribution in [3.05, 3.63) is 29.1 Å². The molecule has 0 saturated carbocycles. The van der Waals surface area contributed by atoms with Gasteiger partial charge in [-0.05, 0) is 43.5 Å². The summed E-state index contributed by atoms with van der Waals surface area (Å²) in [5.74, 6) is -0.0363. The van der Waals surface area contributed by atoms with Crippen LogP contribution in [0.5, 0.6) is 0 Å². The third-order valence-electron chi connectivity index (χ3n) is 2.81. The van der Waals surface area contributed by atoms with Crippen LogP contribution in [0, 0.1) is 19.7 Å². The Morgan fingerprint density at radius 1 is 1.27 bits per heavy atom. The Bertz CT molecular complexity index is 391. The second-order valence-electron chi connectivity index (χ2n) is 4.04. The molecule has 1 aromatic carbocycles. The van der Waals surface area contributed by atoms with Gasteiger partial charge in [-0.25, -0.2) is 4.39 Å². The molecule has 1 aromatic rings. The second-order valence-corrected chi connectivity index (χ2v) is 4.04. The van der Waals surface area contributed by atoms with Gasteiger partial charge < -0.3 is 4.90 Å². The molecule has 0 spiro atoms. The van der Waals surface area contributed by atoms with Gasteiger partial charge in [0.2, 0.25) is 5.91 Å². The van der Waals surface area contributed by atoms with Crippen LogP contribution >= 0.6 is 0 Å². The average Bonchev–Trinajstić information content (AvgIpc) is 2.60. The molecule has 1 saturated heterocycles. The van der Waals surface area contributed by atoms with Gasteiger partial charge in [-0.2, -0.15) is 0 Å². The summed E-state index contributed by atoms with van der Waals surface area (Å²) in [5, 5.41) is 0. The van der Waals surface area contributed by atoms with Gasteiger partial charge in [0.25, 0.3) is 0 Å². The van der Waals surface area contributed by atoms with E-state index in [-0.39, 0.29) is 11.7 Å². The van der Waals surface area contributed by atoms with E-state index in [4.69, 9.17) is 0 Å². The van der Waals surface area contributed by atoms with Gasteiger partial charge >= 0.3 is 0 Å². The molecule has 0 unspecified atom stereocenters. The standard InChI is InChI=1S/C12H14FNO/c1-8-6-10(7-9(2)12(8)13)14-5-3-4-11(14)15/h6-7H,3-5H2,1-2H3. The van der Waals surface area contributed by atoms with E-state index in [9.17, 15) is 9.18 Å². The third kappa shape index (κ3) is 1.74. The van der Waals surface area contributed by atoms with Crippen LogP contribution in [-0.4, -0.2) is 12.5 Å². The molecule has 1 amide bonds. The minimum Gasteiger partial charge on any atom is -0.312 e. The van der Waals surface area contributed by atoms with E-state index in [1.165, 1.54) is 0 Å². The summed E-state index contributed by atoms with van der Waals surface area (Å²) in [7, 11) is 0. The van der Waals surface area contributed by atoms with E-state index in [0.29, 0.717) is 17.5 Å². The fourth-order valence-corrected chi connectivity index (χ4v) is 2.00. The molecule has 15 heavy (non-hydrogen) atoms. The smallest absolute Gasteiger partial charge is 0.227 e. The largest absolute Gasteiger partial charge is 0.312 e. The first-order valence-corrected chi connectivity index (χ1v) is 5.16. The zero-order chi connectivity index (χ0) is 11.0. The molecule has 0 aliphatic carbocycles. The van der Waals surface area contributed by atoms with Crippen molar-refractivity contribution < 1.29 is 9.18 Å². The number of carbonyl (C=O) groups excluding carboxylic acids is 1. The van der Waals surface area contributed by atoms with E-state index >= 15 is 0 Å². The summed E-state index contributed by atoms with van der Waals surface area (Å²) in [6, 6.07) is 3.48. The number of carbonyl (C=O) groups is 1. The van der Waals surface area contributed by atoms with Gasteiger partial charge in [-0.15, -0.1) is 0 Å². The van der Waals surface area contributed by atoms with Gasteiger partial charge in [0.1, 0.15) is 5.82 Å². The highest BCUT2D eigenvalue weighted by atomic mass is 19.1. The van der Waals surface area contributed by atoms with Crippen LogP contribution in [0.25, 0.3) is 0 Å². The van der Waals surface area contributed by atoms with E-state index in [1.54, 1.807) is 30.9 Å². The van der Waals surface area contributed by atoms with Crippen molar-refractivity contribution in [1.29, 1.82) is 0 Å². The molecule has 80 valence electrons. The Morgan fingerprint density at radius 3 is 2.33 bits per heavy atom. The first-order valence-electron chi connectivity index (χ1n) is 5.16. The number of anilines is 1. The van der Waals surface area contributed by atoms with Crippen molar-refractivity contribution >= 4 is 11.6 Å². The van der Waals surface area contributed by atoms with Crippen LogP contribution in [0.15, 0.2) is 12.1 Å². The van der Waals surface area contributed by atoms with Crippen LogP contribution in [0.1, 0.15) is 24.0 Å². The third-order valence-corrected chi connectivity index (χ3v) is 2.81. The maximum atomic E-state index is 13.4. The number of benzene rings is 1. The summed E-state index contributed by atoms with van der Waals surface area (Å²) in [5.41, 5.74) is 2.03. The lowest BCUT2D eigenvalue weighted by Gasteiger charge is -2.17. The Morgan fingerprint density at radius 2 is 1.87 bits per heavy atom. The van der Waals surface area contributed by atoms with E-state index < -0.39 is 0 Å². The minimum atomic E-state index is -0.176. The SMILES string of the molecule is Cc1cc(N2CCCC2=O)cc(C)c1F. The normalized spacial score (nSPS) is 16.2. The lowest BCUT2D eigenvalue weighted by Crippen LogP contribution is -2.23. The molecule has 1 heterocycles. The molecule has 0 radical (unpaired) electrons. The number of rotatable bonds is 1. The fourth-order valence-electron chi connectivity index (χ4n) is 2.00. The number of amides is 1. The lowest BCUT2D eigenvalue weighted by molar-refractivity contribution is -0.117. The Kier molecular flexibility index (Phi) is 2.47. The first kappa shape index (κ1) is 10.1. The quantitative estimate of drug-likeness (QED) is 0.693. The molecule has 0 bridgehead atoms. The second kappa shape index (κ2) is 3.65. The average molecular weight is 207 g/mol. The van der Waals surface area contributed by atoms with Crippen molar-refractivity contribution in [2.75, 3.05) is 11.4 Å². The van der Waals surface area contributed by atoms with Crippen molar-refractivity contribution in [2.24, 2.45) is 0 Å². The number of hydrogen-bond donors (Lipinski definition) is 0. The Balaban J connectivity index is 2.41. The van der Waals surface area contributed by atoms with Gasteiger partial charge in [-0.1, -0.05) is 0 Å². The van der Waals surface area contributed by atoms with Crippen LogP contribution in [-0.2, 0) is 4.79 Å². The van der Waals surface area contributed by atoms with Crippen LogP contribution < -0.4 is 4.90 Å². The molecule has 1 aliphatic heterocycles. The number of halogens is 1. The predicted octanol–water partition coefficient (Wildman–Crippen LogP) is 2.57. The molecule has 2 nitrogen and oxygen atoms in total. The molecular formula is C12H14FNO. The minimum absolute atomic E-state index is 0.139. The van der Waals surface area contributed by atoms with Gasteiger partial charge in [0.05, 0.1) is 0 Å². The van der Waals surface area contributed by atoms with Crippen LogP contribution in [0.3, 0.4) is 0 Å². The highest BCUT2D eigenvalue weighted by Crippen LogP contribution is 2.25. The maximum Gasteiger partial charge on any atom is 0.227 e. The van der Waals surface area contributed by atoms with Crippen molar-refractivity contribution in [1.82, 2.24) is 0 Å². The molecule has 0 atom stereocenters. The van der Waals surface area contributed by atoms with Crippen molar-refractivity contribution in [2.45, 2.75) is 26.7 Å². The van der Waals surface area contributed by atoms with Gasteiger partial charge in [0, 0.05) is 18.7 Å². The topological polar surface area (TPSA) is 20.3 Å². The molecule has 0 aromatic heterocycles. The zero-order valence-electron chi connectivity index (χ0n) is 9.01. The highest BCUT2D eigenvalue weighted by molar-refractivity contribution is 5.95.